The number of carboxylic acid groups (broad SMARTS) is 1. The number of aromatic nitrogens is 1. The number of carbonyl (C=O) groups is 2. The van der Waals surface area contributed by atoms with E-state index in [9.17, 15) is 9.59 Å². The minimum absolute atomic E-state index is 0.0208. The van der Waals surface area contributed by atoms with Crippen LogP contribution in [0.4, 0.5) is 10.6 Å². The molecule has 0 fully saturated rings. The quantitative estimate of drug-likeness (QED) is 0.672. The topological polar surface area (TPSA) is 105 Å². The molecule has 0 spiro atoms. The van der Waals surface area contributed by atoms with E-state index < -0.39 is 12.0 Å². The van der Waals surface area contributed by atoms with Crippen molar-refractivity contribution in [2.45, 2.75) is 13.8 Å². The van der Waals surface area contributed by atoms with Crippen LogP contribution < -0.4 is 11.1 Å². The van der Waals surface area contributed by atoms with Gasteiger partial charge in [-0.3, -0.25) is 5.32 Å². The Morgan fingerprint density at radius 2 is 2.07 bits per heavy atom. The minimum atomic E-state index is -1.15. The first-order chi connectivity index (χ1) is 6.91. The zero-order valence-electron chi connectivity index (χ0n) is 8.37. The lowest BCUT2D eigenvalue weighted by Crippen LogP contribution is -2.22. The molecular formula is C9H11N3O3. The molecule has 1 aromatic heterocycles. The number of nitrogens with zero attached hydrogens (tertiary/aromatic N) is 1. The van der Waals surface area contributed by atoms with Crippen LogP contribution in [0.1, 0.15) is 21.6 Å². The Morgan fingerprint density at radius 3 is 2.53 bits per heavy atom. The highest BCUT2D eigenvalue weighted by molar-refractivity contribution is 5.99. The van der Waals surface area contributed by atoms with Crippen LogP contribution in [-0.2, 0) is 0 Å². The summed E-state index contributed by atoms with van der Waals surface area (Å²) in [6.07, 6.45) is 0. The molecule has 0 aromatic carbocycles. The van der Waals surface area contributed by atoms with Gasteiger partial charge in [0.2, 0.25) is 0 Å². The van der Waals surface area contributed by atoms with E-state index in [1.54, 1.807) is 19.9 Å². The van der Waals surface area contributed by atoms with Gasteiger partial charge < -0.3 is 10.8 Å². The van der Waals surface area contributed by atoms with Gasteiger partial charge in [0.05, 0.1) is 0 Å². The average molecular weight is 209 g/mol. The summed E-state index contributed by atoms with van der Waals surface area (Å²) < 4.78 is 0. The highest BCUT2D eigenvalue weighted by Crippen LogP contribution is 2.18. The number of hydrogen-bond donors (Lipinski definition) is 3. The van der Waals surface area contributed by atoms with E-state index in [0.29, 0.717) is 11.3 Å². The third-order valence-corrected chi connectivity index (χ3v) is 1.80. The van der Waals surface area contributed by atoms with Gasteiger partial charge in [0.25, 0.3) is 0 Å². The molecule has 6 nitrogen and oxygen atoms in total. The van der Waals surface area contributed by atoms with Gasteiger partial charge in [0, 0.05) is 5.69 Å². The van der Waals surface area contributed by atoms with Crippen LogP contribution in [0.15, 0.2) is 6.07 Å². The number of nitrogens with one attached hydrogen (secondary N) is 1. The summed E-state index contributed by atoms with van der Waals surface area (Å²) in [5.41, 5.74) is 6.01. The molecule has 1 rings (SSSR count). The summed E-state index contributed by atoms with van der Waals surface area (Å²) in [4.78, 5) is 25.5. The minimum Gasteiger partial charge on any atom is -0.478 e. The number of primary amides is 1. The molecule has 0 radical (unpaired) electrons. The molecule has 4 N–H and O–H groups in total. The fraction of sp³-hybridized carbons (Fsp3) is 0.222. The van der Waals surface area contributed by atoms with Gasteiger partial charge >= 0.3 is 12.0 Å². The Hall–Kier alpha value is -2.11. The van der Waals surface area contributed by atoms with Gasteiger partial charge in [-0.05, 0) is 25.5 Å². The first-order valence-electron chi connectivity index (χ1n) is 4.20. The molecule has 0 unspecified atom stereocenters. The van der Waals surface area contributed by atoms with Gasteiger partial charge in [-0.1, -0.05) is 0 Å². The normalized spacial score (nSPS) is 9.73. The maximum atomic E-state index is 10.9. The SMILES string of the molecule is Cc1cc(C)c(C(=O)O)c(NC(N)=O)n1. The molecule has 0 atom stereocenters. The summed E-state index contributed by atoms with van der Waals surface area (Å²) in [7, 11) is 0. The van der Waals surface area contributed by atoms with E-state index in [0.717, 1.165) is 0 Å². The molecule has 0 saturated heterocycles. The molecule has 0 aliphatic carbocycles. The van der Waals surface area contributed by atoms with Crippen LogP contribution >= 0.6 is 0 Å². The van der Waals surface area contributed by atoms with E-state index in [-0.39, 0.29) is 11.4 Å². The van der Waals surface area contributed by atoms with Crippen molar-refractivity contribution in [3.63, 3.8) is 0 Å². The molecule has 2 amide bonds. The first kappa shape index (κ1) is 11.0. The van der Waals surface area contributed by atoms with E-state index in [1.807, 2.05) is 0 Å². The third kappa shape index (κ3) is 2.43. The van der Waals surface area contributed by atoms with Crippen LogP contribution in [0.25, 0.3) is 0 Å². The second-order valence-corrected chi connectivity index (χ2v) is 3.10. The highest BCUT2D eigenvalue weighted by Gasteiger charge is 2.16. The molecular weight excluding hydrogens is 198 g/mol. The number of pyridine rings is 1. The third-order valence-electron chi connectivity index (χ3n) is 1.80. The number of urea groups is 1. The van der Waals surface area contributed by atoms with Crippen molar-refractivity contribution >= 4 is 17.8 Å². The maximum absolute atomic E-state index is 10.9. The molecule has 80 valence electrons. The van der Waals surface area contributed by atoms with Crippen molar-refractivity contribution in [2.24, 2.45) is 5.73 Å². The van der Waals surface area contributed by atoms with Gasteiger partial charge in [0.1, 0.15) is 11.4 Å². The molecule has 0 bridgehead atoms. The van der Waals surface area contributed by atoms with Crippen LogP contribution in [0.2, 0.25) is 0 Å². The monoisotopic (exact) mass is 209 g/mol. The molecule has 1 heterocycles. The lowest BCUT2D eigenvalue weighted by molar-refractivity contribution is 0.0697. The summed E-state index contributed by atoms with van der Waals surface area (Å²) in [5, 5.41) is 11.1. The zero-order chi connectivity index (χ0) is 11.6. The average Bonchev–Trinajstić information content (AvgIpc) is 1.99. The standard InChI is InChI=1S/C9H11N3O3/c1-4-3-5(2)11-7(12-9(10)15)6(4)8(13)14/h3H,1-2H3,(H,13,14)(H3,10,11,12,15). The summed E-state index contributed by atoms with van der Waals surface area (Å²) in [6, 6.07) is 0.783. The second kappa shape index (κ2) is 3.95. The van der Waals surface area contributed by atoms with Crippen molar-refractivity contribution in [1.82, 2.24) is 4.98 Å². The van der Waals surface area contributed by atoms with Crippen molar-refractivity contribution < 1.29 is 14.7 Å². The summed E-state index contributed by atoms with van der Waals surface area (Å²) in [6.45, 7) is 3.33. The number of carbonyl (C=O) groups excluding carboxylic acids is 1. The van der Waals surface area contributed by atoms with Crippen molar-refractivity contribution in [3.8, 4) is 0 Å². The Labute approximate surface area is 86.1 Å². The fourth-order valence-corrected chi connectivity index (χ4v) is 1.31. The largest absolute Gasteiger partial charge is 0.478 e. The molecule has 6 heteroatoms. The fourth-order valence-electron chi connectivity index (χ4n) is 1.31. The lowest BCUT2D eigenvalue weighted by Gasteiger charge is -2.09. The number of rotatable bonds is 2. The van der Waals surface area contributed by atoms with E-state index in [4.69, 9.17) is 10.8 Å². The van der Waals surface area contributed by atoms with Gasteiger partial charge in [-0.25, -0.2) is 14.6 Å². The smallest absolute Gasteiger partial charge is 0.339 e. The number of hydrogen-bond acceptors (Lipinski definition) is 3. The highest BCUT2D eigenvalue weighted by atomic mass is 16.4. The molecule has 0 aliphatic heterocycles. The number of anilines is 1. The van der Waals surface area contributed by atoms with Crippen LogP contribution in [0.5, 0.6) is 0 Å². The van der Waals surface area contributed by atoms with E-state index >= 15 is 0 Å². The molecule has 0 saturated carbocycles. The van der Waals surface area contributed by atoms with Crippen LogP contribution in [0, 0.1) is 13.8 Å². The Morgan fingerprint density at radius 1 is 1.47 bits per heavy atom. The number of carboxylic acids is 1. The lowest BCUT2D eigenvalue weighted by atomic mass is 10.1. The van der Waals surface area contributed by atoms with E-state index in [1.165, 1.54) is 0 Å². The Kier molecular flexibility index (Phi) is 2.89. The molecule has 0 aliphatic rings. The van der Waals surface area contributed by atoms with Crippen LogP contribution in [0.3, 0.4) is 0 Å². The Balaban J connectivity index is 3.33. The number of aryl methyl sites for hydroxylation is 2. The van der Waals surface area contributed by atoms with Crippen molar-refractivity contribution in [2.75, 3.05) is 5.32 Å². The second-order valence-electron chi connectivity index (χ2n) is 3.10. The molecule has 1 aromatic rings. The van der Waals surface area contributed by atoms with Crippen LogP contribution in [-0.4, -0.2) is 22.1 Å². The Bertz CT molecular complexity index is 429. The maximum Gasteiger partial charge on any atom is 0.339 e. The van der Waals surface area contributed by atoms with Gasteiger partial charge in [0.15, 0.2) is 0 Å². The number of amides is 2. The van der Waals surface area contributed by atoms with Gasteiger partial charge in [-0.2, -0.15) is 0 Å². The summed E-state index contributed by atoms with van der Waals surface area (Å²) in [5.74, 6) is -1.17. The predicted octanol–water partition coefficient (Wildman–Crippen LogP) is 0.887. The number of aromatic carboxylic acids is 1. The zero-order valence-corrected chi connectivity index (χ0v) is 8.37. The van der Waals surface area contributed by atoms with Crippen molar-refractivity contribution in [1.29, 1.82) is 0 Å². The van der Waals surface area contributed by atoms with Gasteiger partial charge in [-0.15, -0.1) is 0 Å². The molecule has 15 heavy (non-hydrogen) atoms. The van der Waals surface area contributed by atoms with E-state index in [2.05, 4.69) is 10.3 Å². The number of nitrogens with two attached hydrogens (primary N) is 1. The summed E-state index contributed by atoms with van der Waals surface area (Å²) >= 11 is 0. The van der Waals surface area contributed by atoms with Crippen molar-refractivity contribution in [3.05, 3.63) is 22.9 Å². The first-order valence-corrected chi connectivity index (χ1v) is 4.20. The predicted molar refractivity (Wildman–Crippen MR) is 53.9 cm³/mol.